The molecular formula is C9H13N3O6. The van der Waals surface area contributed by atoms with Gasteiger partial charge >= 0.3 is 5.97 Å². The van der Waals surface area contributed by atoms with Crippen LogP contribution in [0, 0.1) is 0 Å². The molecular weight excluding hydrogens is 246 g/mol. The molecule has 0 radical (unpaired) electrons. The summed E-state index contributed by atoms with van der Waals surface area (Å²) in [4.78, 5) is 14.3. The van der Waals surface area contributed by atoms with Gasteiger partial charge in [-0.2, -0.15) is 0 Å². The number of nitrogen functional groups attached to an aromatic ring is 1. The zero-order chi connectivity index (χ0) is 13.4. The Labute approximate surface area is 101 Å². The molecule has 100 valence electrons. The van der Waals surface area contributed by atoms with Crippen LogP contribution in [0.3, 0.4) is 0 Å². The number of ether oxygens (including phenoxy) is 1. The number of aromatic nitrogens is 2. The molecule has 1 aromatic heterocycles. The smallest absolute Gasteiger partial charge is 0.358 e. The topological polar surface area (TPSA) is 151 Å². The lowest BCUT2D eigenvalue weighted by Crippen LogP contribution is -2.33. The number of anilines is 1. The van der Waals surface area contributed by atoms with Crippen molar-refractivity contribution in [1.82, 2.24) is 9.55 Å². The third-order valence-electron chi connectivity index (χ3n) is 2.83. The molecule has 18 heavy (non-hydrogen) atoms. The summed E-state index contributed by atoms with van der Waals surface area (Å²) in [5.74, 6) is -1.50. The Morgan fingerprint density at radius 2 is 2.17 bits per heavy atom. The SMILES string of the molecule is Nc1c(C(=O)O)ncn1[C@@H]1O[C@H](CO)[C@@H](O)[C@H]1O. The second-order valence-corrected chi connectivity index (χ2v) is 3.92. The first-order chi connectivity index (χ1) is 8.47. The highest BCUT2D eigenvalue weighted by Crippen LogP contribution is 2.31. The highest BCUT2D eigenvalue weighted by molar-refractivity contribution is 5.90. The van der Waals surface area contributed by atoms with Crippen molar-refractivity contribution in [2.75, 3.05) is 12.3 Å². The first kappa shape index (κ1) is 12.8. The molecule has 0 aliphatic carbocycles. The molecule has 0 saturated carbocycles. The molecule has 1 fully saturated rings. The molecule has 6 N–H and O–H groups in total. The van der Waals surface area contributed by atoms with Gasteiger partial charge in [-0.25, -0.2) is 9.78 Å². The Morgan fingerprint density at radius 3 is 2.61 bits per heavy atom. The van der Waals surface area contributed by atoms with Crippen LogP contribution < -0.4 is 5.73 Å². The van der Waals surface area contributed by atoms with Crippen molar-refractivity contribution in [1.29, 1.82) is 0 Å². The molecule has 0 amide bonds. The Bertz CT molecular complexity index is 461. The summed E-state index contributed by atoms with van der Waals surface area (Å²) in [6.45, 7) is -0.477. The molecule has 9 nitrogen and oxygen atoms in total. The number of nitrogens with two attached hydrogens (primary N) is 1. The van der Waals surface area contributed by atoms with Crippen LogP contribution in [0.5, 0.6) is 0 Å². The van der Waals surface area contributed by atoms with Crippen molar-refractivity contribution in [3.05, 3.63) is 12.0 Å². The number of nitrogens with zero attached hydrogens (tertiary/aromatic N) is 2. The third kappa shape index (κ3) is 1.82. The maximum absolute atomic E-state index is 10.8. The minimum Gasteiger partial charge on any atom is -0.476 e. The van der Waals surface area contributed by atoms with E-state index in [-0.39, 0.29) is 11.5 Å². The summed E-state index contributed by atoms with van der Waals surface area (Å²) in [7, 11) is 0. The number of hydrogen-bond acceptors (Lipinski definition) is 7. The molecule has 0 bridgehead atoms. The molecule has 9 heteroatoms. The number of aliphatic hydroxyl groups excluding tert-OH is 3. The van der Waals surface area contributed by atoms with Gasteiger partial charge in [0.05, 0.1) is 12.9 Å². The normalized spacial score (nSPS) is 31.7. The minimum atomic E-state index is -1.33. The molecule has 1 aliphatic heterocycles. The van der Waals surface area contributed by atoms with E-state index in [0.29, 0.717) is 0 Å². The number of rotatable bonds is 3. The molecule has 2 rings (SSSR count). The zero-order valence-corrected chi connectivity index (χ0v) is 9.17. The van der Waals surface area contributed by atoms with Gasteiger partial charge in [-0.3, -0.25) is 4.57 Å². The lowest BCUT2D eigenvalue weighted by Gasteiger charge is -2.17. The van der Waals surface area contributed by atoms with Crippen LogP contribution in [0.1, 0.15) is 16.7 Å². The van der Waals surface area contributed by atoms with Gasteiger partial charge in [0.2, 0.25) is 0 Å². The van der Waals surface area contributed by atoms with Crippen molar-refractivity contribution in [3.63, 3.8) is 0 Å². The second-order valence-electron chi connectivity index (χ2n) is 3.92. The monoisotopic (exact) mass is 259 g/mol. The molecule has 0 aromatic carbocycles. The Morgan fingerprint density at radius 1 is 1.50 bits per heavy atom. The van der Waals surface area contributed by atoms with Gasteiger partial charge < -0.3 is 30.9 Å². The Balaban J connectivity index is 2.30. The number of hydrogen-bond donors (Lipinski definition) is 5. The van der Waals surface area contributed by atoms with Crippen LogP contribution in [0.2, 0.25) is 0 Å². The average Bonchev–Trinajstić information content (AvgIpc) is 2.82. The molecule has 1 aliphatic rings. The van der Waals surface area contributed by atoms with Crippen LogP contribution in [0.25, 0.3) is 0 Å². The fraction of sp³-hybridized carbons (Fsp3) is 0.556. The van der Waals surface area contributed by atoms with Crippen molar-refractivity contribution >= 4 is 11.8 Å². The zero-order valence-electron chi connectivity index (χ0n) is 9.17. The highest BCUT2D eigenvalue weighted by Gasteiger charge is 2.44. The Kier molecular flexibility index (Phi) is 3.22. The number of carbonyl (C=O) groups is 1. The first-order valence-electron chi connectivity index (χ1n) is 5.15. The van der Waals surface area contributed by atoms with Crippen LogP contribution in [0.15, 0.2) is 6.33 Å². The van der Waals surface area contributed by atoms with Crippen LogP contribution in [-0.4, -0.2) is 60.9 Å². The van der Waals surface area contributed by atoms with Gasteiger partial charge in [0.1, 0.15) is 24.1 Å². The van der Waals surface area contributed by atoms with Crippen molar-refractivity contribution < 1.29 is 30.0 Å². The molecule has 2 heterocycles. The molecule has 1 aromatic rings. The summed E-state index contributed by atoms with van der Waals surface area (Å²) in [5.41, 5.74) is 5.20. The van der Waals surface area contributed by atoms with Crippen LogP contribution in [0.4, 0.5) is 5.82 Å². The van der Waals surface area contributed by atoms with Gasteiger partial charge in [0.15, 0.2) is 11.9 Å². The number of carboxylic acids is 1. The highest BCUT2D eigenvalue weighted by atomic mass is 16.6. The quantitative estimate of drug-likeness (QED) is 0.409. The van der Waals surface area contributed by atoms with Crippen molar-refractivity contribution in [2.24, 2.45) is 0 Å². The van der Waals surface area contributed by atoms with Crippen molar-refractivity contribution in [2.45, 2.75) is 24.5 Å². The Hall–Kier alpha value is -1.68. The van der Waals surface area contributed by atoms with E-state index in [4.69, 9.17) is 20.7 Å². The van der Waals surface area contributed by atoms with Gasteiger partial charge in [0.25, 0.3) is 0 Å². The van der Waals surface area contributed by atoms with Gasteiger partial charge in [0, 0.05) is 0 Å². The minimum absolute atomic E-state index is 0.197. The van der Waals surface area contributed by atoms with E-state index in [0.717, 1.165) is 10.9 Å². The van der Waals surface area contributed by atoms with Gasteiger partial charge in [-0.15, -0.1) is 0 Å². The van der Waals surface area contributed by atoms with Gasteiger partial charge in [-0.1, -0.05) is 0 Å². The second kappa shape index (κ2) is 4.53. The number of carboxylic acid groups (broad SMARTS) is 1. The fourth-order valence-corrected chi connectivity index (χ4v) is 1.85. The van der Waals surface area contributed by atoms with Crippen LogP contribution >= 0.6 is 0 Å². The standard InChI is InChI=1S/C9H13N3O6/c10-7-4(9(16)17)11-2-12(7)8-6(15)5(14)3(1-13)18-8/h2-3,5-6,8,13-15H,1,10H2,(H,16,17)/t3-,5-,6-,8-/m1/s1. The van der Waals surface area contributed by atoms with E-state index >= 15 is 0 Å². The van der Waals surface area contributed by atoms with E-state index in [1.807, 2.05) is 0 Å². The lowest BCUT2D eigenvalue weighted by molar-refractivity contribution is -0.0518. The molecule has 1 saturated heterocycles. The summed E-state index contributed by atoms with van der Waals surface area (Å²) in [6.07, 6.45) is -3.56. The van der Waals surface area contributed by atoms with E-state index in [1.165, 1.54) is 0 Å². The number of aliphatic hydroxyl groups is 3. The molecule has 0 unspecified atom stereocenters. The van der Waals surface area contributed by atoms with E-state index in [9.17, 15) is 15.0 Å². The average molecular weight is 259 g/mol. The maximum Gasteiger partial charge on any atom is 0.358 e. The summed E-state index contributed by atoms with van der Waals surface area (Å²) >= 11 is 0. The summed E-state index contributed by atoms with van der Waals surface area (Å²) < 4.78 is 6.30. The number of imidazole rings is 1. The van der Waals surface area contributed by atoms with Crippen LogP contribution in [-0.2, 0) is 4.74 Å². The van der Waals surface area contributed by atoms with Crippen molar-refractivity contribution in [3.8, 4) is 0 Å². The third-order valence-corrected chi connectivity index (χ3v) is 2.83. The first-order valence-corrected chi connectivity index (χ1v) is 5.15. The van der Waals surface area contributed by atoms with E-state index in [1.54, 1.807) is 0 Å². The largest absolute Gasteiger partial charge is 0.476 e. The van der Waals surface area contributed by atoms with Gasteiger partial charge in [-0.05, 0) is 0 Å². The fourth-order valence-electron chi connectivity index (χ4n) is 1.85. The molecule has 4 atom stereocenters. The summed E-state index contributed by atoms with van der Waals surface area (Å²) in [6, 6.07) is 0. The van der Waals surface area contributed by atoms with E-state index < -0.39 is 37.1 Å². The summed E-state index contributed by atoms with van der Waals surface area (Å²) in [5, 5.41) is 37.0. The predicted molar refractivity (Wildman–Crippen MR) is 56.6 cm³/mol. The van der Waals surface area contributed by atoms with E-state index in [2.05, 4.69) is 4.98 Å². The maximum atomic E-state index is 10.8. The molecule has 0 spiro atoms. The predicted octanol–water partition coefficient (Wildman–Crippen LogP) is -2.22. The lowest BCUT2D eigenvalue weighted by atomic mass is 10.1. The number of aromatic carboxylic acids is 1.